The third-order valence-corrected chi connectivity index (χ3v) is 4.93. The van der Waals surface area contributed by atoms with Gasteiger partial charge in [0.05, 0.1) is 17.9 Å². The molecular weight excluding hydrogens is 260 g/mol. The number of aromatic nitrogens is 2. The van der Waals surface area contributed by atoms with Crippen LogP contribution in [0.5, 0.6) is 0 Å². The molecule has 1 aromatic rings. The summed E-state index contributed by atoms with van der Waals surface area (Å²) in [6.07, 6.45) is 5.83. The summed E-state index contributed by atoms with van der Waals surface area (Å²) in [5, 5.41) is 4.15. The fraction of sp³-hybridized carbons (Fsp3) is 0.692. The lowest BCUT2D eigenvalue weighted by atomic mass is 10.2. The molecule has 0 saturated carbocycles. The normalized spacial score (nSPS) is 25.8. The van der Waals surface area contributed by atoms with Gasteiger partial charge in [-0.2, -0.15) is 16.9 Å². The number of carbonyl (C=O) groups is 1. The molecular formula is C13H20N4OS. The maximum absolute atomic E-state index is 12.6. The maximum atomic E-state index is 12.6. The highest BCUT2D eigenvalue weighted by Gasteiger charge is 2.37. The number of carbonyl (C=O) groups excluding carboxylic acids is 1. The van der Waals surface area contributed by atoms with E-state index in [2.05, 4.69) is 10.00 Å². The third kappa shape index (κ3) is 2.65. The minimum atomic E-state index is 0.0823. The van der Waals surface area contributed by atoms with E-state index in [9.17, 15) is 4.79 Å². The summed E-state index contributed by atoms with van der Waals surface area (Å²) in [4.78, 5) is 16.8. The summed E-state index contributed by atoms with van der Waals surface area (Å²) in [5.41, 5.74) is 0.930. The van der Waals surface area contributed by atoms with Gasteiger partial charge in [-0.3, -0.25) is 14.4 Å². The average Bonchev–Trinajstić information content (AvgIpc) is 2.87. The second kappa shape index (κ2) is 5.54. The molecule has 0 spiro atoms. The van der Waals surface area contributed by atoms with Gasteiger partial charge in [-0.25, -0.2) is 0 Å². The molecule has 3 heterocycles. The number of hydrogen-bond donors (Lipinski definition) is 0. The molecule has 19 heavy (non-hydrogen) atoms. The van der Waals surface area contributed by atoms with Crippen LogP contribution >= 0.6 is 11.8 Å². The van der Waals surface area contributed by atoms with Crippen LogP contribution in [0.3, 0.4) is 0 Å². The zero-order chi connectivity index (χ0) is 13.2. The van der Waals surface area contributed by atoms with Crippen molar-refractivity contribution in [2.75, 3.05) is 36.0 Å². The number of nitrogens with zero attached hydrogens (tertiary/aromatic N) is 4. The van der Waals surface area contributed by atoms with E-state index in [4.69, 9.17) is 0 Å². The van der Waals surface area contributed by atoms with Gasteiger partial charge in [0.2, 0.25) is 5.91 Å². The van der Waals surface area contributed by atoms with Gasteiger partial charge < -0.3 is 4.90 Å². The SMILES string of the molecule is Cn1cc(N2CC[C@@H](N3CCCSCC3)C2=O)cn1. The zero-order valence-electron chi connectivity index (χ0n) is 11.3. The second-order valence-corrected chi connectivity index (χ2v) is 6.39. The minimum Gasteiger partial charge on any atom is -0.308 e. The molecule has 2 saturated heterocycles. The minimum absolute atomic E-state index is 0.0823. The summed E-state index contributed by atoms with van der Waals surface area (Å²) in [6, 6.07) is 0.0823. The lowest BCUT2D eigenvalue weighted by Gasteiger charge is -2.25. The Balaban J connectivity index is 1.70. The Morgan fingerprint density at radius 3 is 3.00 bits per heavy atom. The molecule has 5 nitrogen and oxygen atoms in total. The van der Waals surface area contributed by atoms with E-state index < -0.39 is 0 Å². The van der Waals surface area contributed by atoms with Gasteiger partial charge in [-0.15, -0.1) is 0 Å². The van der Waals surface area contributed by atoms with Crippen molar-refractivity contribution in [2.45, 2.75) is 18.9 Å². The molecule has 3 rings (SSSR count). The molecule has 0 N–H and O–H groups in total. The van der Waals surface area contributed by atoms with Crippen LogP contribution < -0.4 is 4.90 Å². The Kier molecular flexibility index (Phi) is 3.79. The Labute approximate surface area is 117 Å². The highest BCUT2D eigenvalue weighted by molar-refractivity contribution is 7.99. The highest BCUT2D eigenvalue weighted by Crippen LogP contribution is 2.25. The standard InChI is InChI=1S/C13H20N4OS/c1-15-10-11(9-14-15)17-5-3-12(13(17)18)16-4-2-7-19-8-6-16/h9-10,12H,2-8H2,1H3/t12-/m1/s1. The van der Waals surface area contributed by atoms with E-state index in [1.54, 1.807) is 10.9 Å². The van der Waals surface area contributed by atoms with Crippen molar-refractivity contribution >= 4 is 23.4 Å². The molecule has 0 radical (unpaired) electrons. The molecule has 0 aromatic carbocycles. The molecule has 2 aliphatic rings. The zero-order valence-corrected chi connectivity index (χ0v) is 12.1. The number of amides is 1. The van der Waals surface area contributed by atoms with E-state index in [1.165, 1.54) is 12.2 Å². The number of hydrogen-bond acceptors (Lipinski definition) is 4. The summed E-state index contributed by atoms with van der Waals surface area (Å²) >= 11 is 2.00. The molecule has 0 bridgehead atoms. The first-order valence-corrected chi connectivity index (χ1v) is 8.03. The van der Waals surface area contributed by atoms with Gasteiger partial charge in [0.15, 0.2) is 0 Å². The van der Waals surface area contributed by atoms with Crippen LogP contribution in [0.15, 0.2) is 12.4 Å². The summed E-state index contributed by atoms with van der Waals surface area (Å²) in [5.74, 6) is 2.63. The Bertz CT molecular complexity index is 453. The van der Waals surface area contributed by atoms with Gasteiger partial charge >= 0.3 is 0 Å². The van der Waals surface area contributed by atoms with Crippen molar-refractivity contribution in [3.63, 3.8) is 0 Å². The van der Waals surface area contributed by atoms with Crippen LogP contribution in [0.4, 0.5) is 5.69 Å². The molecule has 1 atom stereocenters. The lowest BCUT2D eigenvalue weighted by molar-refractivity contribution is -0.121. The molecule has 1 amide bonds. The number of aryl methyl sites for hydroxylation is 1. The quantitative estimate of drug-likeness (QED) is 0.809. The van der Waals surface area contributed by atoms with Crippen molar-refractivity contribution in [3.8, 4) is 0 Å². The largest absolute Gasteiger partial charge is 0.308 e. The van der Waals surface area contributed by atoms with Crippen LogP contribution in [0.2, 0.25) is 0 Å². The Morgan fingerprint density at radius 1 is 1.32 bits per heavy atom. The monoisotopic (exact) mass is 280 g/mol. The van der Waals surface area contributed by atoms with E-state index in [-0.39, 0.29) is 11.9 Å². The highest BCUT2D eigenvalue weighted by atomic mass is 32.2. The van der Waals surface area contributed by atoms with Crippen molar-refractivity contribution < 1.29 is 4.79 Å². The third-order valence-electron chi connectivity index (χ3n) is 3.88. The molecule has 1 aromatic heterocycles. The van der Waals surface area contributed by atoms with Crippen molar-refractivity contribution in [1.29, 1.82) is 0 Å². The van der Waals surface area contributed by atoms with Gasteiger partial charge in [-0.05, 0) is 25.1 Å². The van der Waals surface area contributed by atoms with Gasteiger partial charge in [0.1, 0.15) is 0 Å². The van der Waals surface area contributed by atoms with Crippen LogP contribution in [0.1, 0.15) is 12.8 Å². The van der Waals surface area contributed by atoms with Crippen LogP contribution in [0.25, 0.3) is 0 Å². The smallest absolute Gasteiger partial charge is 0.244 e. The molecule has 104 valence electrons. The Hall–Kier alpha value is -1.01. The maximum Gasteiger partial charge on any atom is 0.244 e. The van der Waals surface area contributed by atoms with E-state index >= 15 is 0 Å². The second-order valence-electron chi connectivity index (χ2n) is 5.17. The summed E-state index contributed by atoms with van der Waals surface area (Å²) in [6.45, 7) is 2.92. The van der Waals surface area contributed by atoms with Gasteiger partial charge in [-0.1, -0.05) is 0 Å². The predicted molar refractivity (Wildman–Crippen MR) is 77.5 cm³/mol. The average molecular weight is 280 g/mol. The fourth-order valence-electron chi connectivity index (χ4n) is 2.88. The van der Waals surface area contributed by atoms with Crippen LogP contribution in [-0.4, -0.2) is 57.8 Å². The molecule has 2 fully saturated rings. The van der Waals surface area contributed by atoms with E-state index in [1.807, 2.05) is 29.9 Å². The number of anilines is 1. The number of rotatable bonds is 2. The summed E-state index contributed by atoms with van der Waals surface area (Å²) in [7, 11) is 1.88. The first-order chi connectivity index (χ1) is 9.25. The lowest BCUT2D eigenvalue weighted by Crippen LogP contribution is -2.43. The van der Waals surface area contributed by atoms with Crippen molar-refractivity contribution in [1.82, 2.24) is 14.7 Å². The molecule has 6 heteroatoms. The van der Waals surface area contributed by atoms with Crippen LogP contribution in [-0.2, 0) is 11.8 Å². The molecule has 0 unspecified atom stereocenters. The van der Waals surface area contributed by atoms with E-state index in [0.717, 1.165) is 37.5 Å². The molecule has 2 aliphatic heterocycles. The fourth-order valence-corrected chi connectivity index (χ4v) is 3.79. The summed E-state index contributed by atoms with van der Waals surface area (Å²) < 4.78 is 1.75. The predicted octanol–water partition coefficient (Wildman–Crippen LogP) is 0.964. The first kappa shape index (κ1) is 13.0. The van der Waals surface area contributed by atoms with Gasteiger partial charge in [0, 0.05) is 32.1 Å². The van der Waals surface area contributed by atoms with E-state index in [0.29, 0.717) is 0 Å². The number of thioether (sulfide) groups is 1. The van der Waals surface area contributed by atoms with Crippen LogP contribution in [0, 0.1) is 0 Å². The van der Waals surface area contributed by atoms with Crippen molar-refractivity contribution in [2.24, 2.45) is 7.05 Å². The topological polar surface area (TPSA) is 41.4 Å². The van der Waals surface area contributed by atoms with Gasteiger partial charge in [0.25, 0.3) is 0 Å². The van der Waals surface area contributed by atoms with Crippen molar-refractivity contribution in [3.05, 3.63) is 12.4 Å². The molecule has 0 aliphatic carbocycles. The first-order valence-electron chi connectivity index (χ1n) is 6.87. The Morgan fingerprint density at radius 2 is 2.21 bits per heavy atom.